The highest BCUT2D eigenvalue weighted by molar-refractivity contribution is 5.93. The lowest BCUT2D eigenvalue weighted by atomic mass is 10.2. The second kappa shape index (κ2) is 9.78. The van der Waals surface area contributed by atoms with Gasteiger partial charge in [0, 0.05) is 32.7 Å². The molecule has 0 unspecified atom stereocenters. The molecule has 31 heavy (non-hydrogen) atoms. The third-order valence-corrected chi connectivity index (χ3v) is 5.64. The van der Waals surface area contributed by atoms with Crippen LogP contribution in [-0.2, 0) is 0 Å². The molecule has 2 aromatic heterocycles. The zero-order valence-electron chi connectivity index (χ0n) is 17.8. The standard InChI is InChI=1S/C23H28FN5O2/c1-31-22-7-3-2-6-21(22)28-14-12-27(13-15-28)11-5-4-10-25-23(30)20-16-19-9-8-18(24)17-29(19)26-20/h2-3,6-9,16-17H,4-5,10-15H2,1H3,(H,25,30). The smallest absolute Gasteiger partial charge is 0.271 e. The van der Waals surface area contributed by atoms with Crippen molar-refractivity contribution in [1.82, 2.24) is 19.8 Å². The Bertz CT molecular complexity index is 1030. The van der Waals surface area contributed by atoms with Crippen molar-refractivity contribution >= 4 is 17.1 Å². The molecule has 1 amide bonds. The summed E-state index contributed by atoms with van der Waals surface area (Å²) < 4.78 is 20.1. The van der Waals surface area contributed by atoms with Gasteiger partial charge in [0.25, 0.3) is 5.91 Å². The van der Waals surface area contributed by atoms with Crippen molar-refractivity contribution in [1.29, 1.82) is 0 Å². The van der Waals surface area contributed by atoms with Gasteiger partial charge < -0.3 is 15.0 Å². The van der Waals surface area contributed by atoms with Crippen LogP contribution >= 0.6 is 0 Å². The number of anilines is 1. The van der Waals surface area contributed by atoms with Crippen molar-refractivity contribution in [3.8, 4) is 5.75 Å². The third kappa shape index (κ3) is 5.14. The fourth-order valence-electron chi connectivity index (χ4n) is 3.93. The number of benzene rings is 1. The molecule has 1 N–H and O–H groups in total. The van der Waals surface area contributed by atoms with Gasteiger partial charge in [0.05, 0.1) is 24.5 Å². The number of hydrogen-bond acceptors (Lipinski definition) is 5. The molecule has 0 spiro atoms. The highest BCUT2D eigenvalue weighted by Gasteiger charge is 2.19. The Balaban J connectivity index is 1.16. The first-order valence-electron chi connectivity index (χ1n) is 10.7. The predicted molar refractivity (Wildman–Crippen MR) is 118 cm³/mol. The number of pyridine rings is 1. The molecule has 1 aromatic carbocycles. The quantitative estimate of drug-likeness (QED) is 0.563. The minimum absolute atomic E-state index is 0.227. The highest BCUT2D eigenvalue weighted by Crippen LogP contribution is 2.28. The molecule has 3 heterocycles. The number of hydrogen-bond donors (Lipinski definition) is 1. The fraction of sp³-hybridized carbons (Fsp3) is 0.391. The number of aromatic nitrogens is 2. The molecule has 1 fully saturated rings. The summed E-state index contributed by atoms with van der Waals surface area (Å²) in [7, 11) is 1.71. The molecule has 3 aromatic rings. The Morgan fingerprint density at radius 1 is 1.13 bits per heavy atom. The highest BCUT2D eigenvalue weighted by atomic mass is 19.1. The Labute approximate surface area is 181 Å². The third-order valence-electron chi connectivity index (χ3n) is 5.64. The maximum Gasteiger partial charge on any atom is 0.271 e. The summed E-state index contributed by atoms with van der Waals surface area (Å²) in [6.45, 7) is 5.60. The van der Waals surface area contributed by atoms with Crippen LogP contribution in [0, 0.1) is 5.82 Å². The summed E-state index contributed by atoms with van der Waals surface area (Å²) >= 11 is 0. The van der Waals surface area contributed by atoms with Gasteiger partial charge in [-0.2, -0.15) is 5.10 Å². The van der Waals surface area contributed by atoms with Gasteiger partial charge in [0.2, 0.25) is 0 Å². The van der Waals surface area contributed by atoms with Crippen molar-refractivity contribution in [2.75, 3.05) is 51.3 Å². The fourth-order valence-corrected chi connectivity index (χ4v) is 3.93. The molecule has 1 aliphatic rings. The Morgan fingerprint density at radius 2 is 1.94 bits per heavy atom. The van der Waals surface area contributed by atoms with Gasteiger partial charge in [0.1, 0.15) is 11.6 Å². The van der Waals surface area contributed by atoms with E-state index in [1.54, 1.807) is 19.2 Å². The van der Waals surface area contributed by atoms with Crippen LogP contribution in [0.5, 0.6) is 5.75 Å². The second-order valence-electron chi connectivity index (χ2n) is 7.71. The number of carbonyl (C=O) groups excluding carboxylic acids is 1. The van der Waals surface area contributed by atoms with Gasteiger partial charge in [-0.05, 0) is 49.7 Å². The van der Waals surface area contributed by atoms with E-state index in [1.165, 1.54) is 16.8 Å². The number of methoxy groups -OCH3 is 1. The lowest BCUT2D eigenvalue weighted by Gasteiger charge is -2.36. The van der Waals surface area contributed by atoms with E-state index in [9.17, 15) is 9.18 Å². The van der Waals surface area contributed by atoms with Gasteiger partial charge in [0.15, 0.2) is 5.69 Å². The average molecular weight is 426 g/mol. The average Bonchev–Trinajstić information content (AvgIpc) is 3.22. The van der Waals surface area contributed by atoms with E-state index >= 15 is 0 Å². The molecule has 0 bridgehead atoms. The number of nitrogens with one attached hydrogen (secondary N) is 1. The molecule has 164 valence electrons. The molecule has 0 atom stereocenters. The van der Waals surface area contributed by atoms with Gasteiger partial charge in [-0.15, -0.1) is 0 Å². The van der Waals surface area contributed by atoms with Crippen LogP contribution in [0.2, 0.25) is 0 Å². The van der Waals surface area contributed by atoms with Crippen LogP contribution in [-0.4, -0.2) is 66.8 Å². The first-order chi connectivity index (χ1) is 15.1. The number of nitrogens with zero attached hydrogens (tertiary/aromatic N) is 4. The van der Waals surface area contributed by atoms with Crippen LogP contribution in [0.1, 0.15) is 23.3 Å². The molecule has 7 nitrogen and oxygen atoms in total. The first kappa shape index (κ1) is 21.1. The van der Waals surface area contributed by atoms with Crippen LogP contribution in [0.3, 0.4) is 0 Å². The molecule has 1 aliphatic heterocycles. The number of fused-ring (bicyclic) bond motifs is 1. The summed E-state index contributed by atoms with van der Waals surface area (Å²) in [5.74, 6) is 0.309. The van der Waals surface area contributed by atoms with Crippen LogP contribution < -0.4 is 15.0 Å². The normalized spacial score (nSPS) is 14.7. The molecule has 1 saturated heterocycles. The Morgan fingerprint density at radius 3 is 2.74 bits per heavy atom. The minimum atomic E-state index is -0.383. The van der Waals surface area contributed by atoms with Gasteiger partial charge >= 0.3 is 0 Å². The number of halogens is 1. The summed E-state index contributed by atoms with van der Waals surface area (Å²) in [6, 6.07) is 12.8. The van der Waals surface area contributed by atoms with E-state index in [4.69, 9.17) is 4.74 Å². The minimum Gasteiger partial charge on any atom is -0.495 e. The Hall–Kier alpha value is -3.13. The second-order valence-corrected chi connectivity index (χ2v) is 7.71. The molecule has 8 heteroatoms. The molecule has 4 rings (SSSR count). The lowest BCUT2D eigenvalue weighted by Crippen LogP contribution is -2.46. The van der Waals surface area contributed by atoms with Crippen molar-refractivity contribution in [2.24, 2.45) is 0 Å². The molecular formula is C23H28FN5O2. The zero-order valence-corrected chi connectivity index (χ0v) is 17.8. The van der Waals surface area contributed by atoms with Crippen LogP contribution in [0.15, 0.2) is 48.7 Å². The first-order valence-corrected chi connectivity index (χ1v) is 10.7. The number of carbonyl (C=O) groups is 1. The van der Waals surface area contributed by atoms with Gasteiger partial charge in [-0.3, -0.25) is 9.69 Å². The van der Waals surface area contributed by atoms with Gasteiger partial charge in [-0.1, -0.05) is 12.1 Å². The van der Waals surface area contributed by atoms with Crippen molar-refractivity contribution in [2.45, 2.75) is 12.8 Å². The summed E-state index contributed by atoms with van der Waals surface area (Å²) in [5.41, 5.74) is 2.15. The molecular weight excluding hydrogens is 397 g/mol. The topological polar surface area (TPSA) is 62.1 Å². The summed E-state index contributed by atoms with van der Waals surface area (Å²) in [5, 5.41) is 7.04. The molecule has 0 saturated carbocycles. The van der Waals surface area contributed by atoms with E-state index < -0.39 is 0 Å². The van der Waals surface area contributed by atoms with Crippen molar-refractivity contribution in [3.63, 3.8) is 0 Å². The van der Waals surface area contributed by atoms with Crippen LogP contribution in [0.25, 0.3) is 5.52 Å². The maximum atomic E-state index is 13.3. The maximum absolute atomic E-state index is 13.3. The SMILES string of the molecule is COc1ccccc1N1CCN(CCCCNC(=O)c2cc3ccc(F)cn3n2)CC1. The molecule has 0 aliphatic carbocycles. The summed E-state index contributed by atoms with van der Waals surface area (Å²) in [6.07, 6.45) is 3.19. The van der Waals surface area contributed by atoms with E-state index in [-0.39, 0.29) is 11.7 Å². The lowest BCUT2D eigenvalue weighted by molar-refractivity contribution is 0.0947. The van der Waals surface area contributed by atoms with Crippen molar-refractivity contribution in [3.05, 3.63) is 60.2 Å². The number of ether oxygens (including phenoxy) is 1. The number of amides is 1. The number of rotatable bonds is 8. The van der Waals surface area contributed by atoms with Crippen molar-refractivity contribution < 1.29 is 13.9 Å². The zero-order chi connectivity index (χ0) is 21.6. The largest absolute Gasteiger partial charge is 0.495 e. The number of para-hydroxylation sites is 2. The number of piperazine rings is 1. The van der Waals surface area contributed by atoms with E-state index in [1.807, 2.05) is 18.2 Å². The Kier molecular flexibility index (Phi) is 6.66. The number of unbranched alkanes of at least 4 members (excludes halogenated alkanes) is 1. The molecule has 0 radical (unpaired) electrons. The van der Waals surface area contributed by atoms with E-state index in [0.717, 1.165) is 57.0 Å². The van der Waals surface area contributed by atoms with E-state index in [2.05, 4.69) is 26.3 Å². The van der Waals surface area contributed by atoms with Gasteiger partial charge in [-0.25, -0.2) is 8.91 Å². The van der Waals surface area contributed by atoms with E-state index in [0.29, 0.717) is 17.8 Å². The monoisotopic (exact) mass is 425 g/mol. The summed E-state index contributed by atoms with van der Waals surface area (Å²) in [4.78, 5) is 17.1. The van der Waals surface area contributed by atoms with Crippen LogP contribution in [0.4, 0.5) is 10.1 Å². The predicted octanol–water partition coefficient (Wildman–Crippen LogP) is 2.81.